The molecule has 21 heavy (non-hydrogen) atoms. The van der Waals surface area contributed by atoms with E-state index >= 15 is 0 Å². The van der Waals surface area contributed by atoms with E-state index < -0.39 is 10.1 Å². The van der Waals surface area contributed by atoms with E-state index in [2.05, 4.69) is 15.9 Å². The molecule has 8 heteroatoms. The topological polar surface area (TPSA) is 24.9 Å². The maximum atomic E-state index is 14.7. The first kappa shape index (κ1) is 19.5. The Labute approximate surface area is 138 Å². The third kappa shape index (κ3) is 4.48. The first-order chi connectivity index (χ1) is 9.72. The molecule has 1 aliphatic rings. The van der Waals surface area contributed by atoms with E-state index in [0.29, 0.717) is 12.8 Å². The molecule has 0 saturated carbocycles. The number of alkyl halides is 4. The van der Waals surface area contributed by atoms with Crippen molar-refractivity contribution in [3.8, 4) is 0 Å². The molecule has 0 amide bonds. The minimum absolute atomic E-state index is 0.00155. The van der Waals surface area contributed by atoms with Gasteiger partial charge < -0.3 is 9.47 Å². The van der Waals surface area contributed by atoms with E-state index in [9.17, 15) is 8.78 Å². The standard InChI is InChI=1S/C13H24BrClF2N2O2/c1-5-10(20-3)7-18-9-12(14,15)19(13(18,16)17)8-11(6-2)21-4/h10-11H,5-9H2,1-4H3. The van der Waals surface area contributed by atoms with Gasteiger partial charge in [0, 0.05) is 33.9 Å². The minimum Gasteiger partial charge on any atom is -0.380 e. The lowest BCUT2D eigenvalue weighted by atomic mass is 10.2. The van der Waals surface area contributed by atoms with Gasteiger partial charge in [-0.15, -0.1) is 0 Å². The van der Waals surface area contributed by atoms with E-state index in [-0.39, 0.29) is 31.8 Å². The molecule has 3 atom stereocenters. The van der Waals surface area contributed by atoms with Crippen molar-refractivity contribution in [2.45, 2.75) is 49.0 Å². The molecule has 0 aromatic heterocycles. The number of hydrogen-bond donors (Lipinski definition) is 0. The van der Waals surface area contributed by atoms with E-state index in [0.717, 1.165) is 9.80 Å². The number of halogens is 4. The summed E-state index contributed by atoms with van der Waals surface area (Å²) < 4.78 is 38.4. The number of ether oxygens (including phenoxy) is 2. The molecule has 0 radical (unpaired) electrons. The molecule has 0 aromatic carbocycles. The average Bonchev–Trinajstić information content (AvgIpc) is 2.59. The Bertz CT molecular complexity index is 329. The van der Waals surface area contributed by atoms with E-state index in [4.69, 9.17) is 21.1 Å². The highest BCUT2D eigenvalue weighted by atomic mass is 79.9. The van der Waals surface area contributed by atoms with Crippen LogP contribution < -0.4 is 0 Å². The summed E-state index contributed by atoms with van der Waals surface area (Å²) in [6.07, 6.45) is -2.39. The fraction of sp³-hybridized carbons (Fsp3) is 1.00. The van der Waals surface area contributed by atoms with Gasteiger partial charge in [0.25, 0.3) is 0 Å². The second-order valence-electron chi connectivity index (χ2n) is 5.20. The van der Waals surface area contributed by atoms with Crippen molar-refractivity contribution >= 4 is 27.5 Å². The van der Waals surface area contributed by atoms with Gasteiger partial charge in [-0.3, -0.25) is 0 Å². The van der Waals surface area contributed by atoms with Crippen LogP contribution in [0.4, 0.5) is 8.78 Å². The van der Waals surface area contributed by atoms with Gasteiger partial charge in [0.05, 0.1) is 12.2 Å². The minimum atomic E-state index is -3.15. The first-order valence-corrected chi connectivity index (χ1v) is 8.24. The van der Waals surface area contributed by atoms with Crippen LogP contribution in [0.5, 0.6) is 0 Å². The van der Waals surface area contributed by atoms with Crippen LogP contribution in [0.3, 0.4) is 0 Å². The molecule has 1 heterocycles. The van der Waals surface area contributed by atoms with Gasteiger partial charge >= 0.3 is 6.17 Å². The fourth-order valence-electron chi connectivity index (χ4n) is 2.39. The Morgan fingerprint density at radius 1 is 1.14 bits per heavy atom. The van der Waals surface area contributed by atoms with Crippen molar-refractivity contribution < 1.29 is 18.3 Å². The Morgan fingerprint density at radius 2 is 1.62 bits per heavy atom. The van der Waals surface area contributed by atoms with Gasteiger partial charge in [0.15, 0.2) is 3.91 Å². The maximum Gasteiger partial charge on any atom is 0.371 e. The second kappa shape index (κ2) is 7.84. The number of hydrogen-bond acceptors (Lipinski definition) is 4. The summed E-state index contributed by atoms with van der Waals surface area (Å²) in [5.41, 5.74) is 0. The Morgan fingerprint density at radius 3 is 2.05 bits per heavy atom. The van der Waals surface area contributed by atoms with Gasteiger partial charge in [-0.25, -0.2) is 4.90 Å². The van der Waals surface area contributed by atoms with Crippen molar-refractivity contribution in [2.24, 2.45) is 0 Å². The summed E-state index contributed by atoms with van der Waals surface area (Å²) in [5.74, 6) is 0. The molecule has 0 aliphatic carbocycles. The Balaban J connectivity index is 2.88. The highest BCUT2D eigenvalue weighted by Gasteiger charge is 2.60. The normalized spacial score (nSPS) is 29.7. The molecule has 3 unspecified atom stereocenters. The number of rotatable bonds is 8. The quantitative estimate of drug-likeness (QED) is 0.467. The molecule has 1 aliphatic heterocycles. The zero-order valence-corrected chi connectivity index (χ0v) is 15.3. The van der Waals surface area contributed by atoms with Gasteiger partial charge in [-0.2, -0.15) is 13.7 Å². The lowest BCUT2D eigenvalue weighted by molar-refractivity contribution is -0.225. The van der Waals surface area contributed by atoms with Crippen molar-refractivity contribution in [3.63, 3.8) is 0 Å². The molecule has 0 aromatic rings. The zero-order chi connectivity index (χ0) is 16.3. The first-order valence-electron chi connectivity index (χ1n) is 7.06. The third-order valence-electron chi connectivity index (χ3n) is 3.87. The van der Waals surface area contributed by atoms with Crippen LogP contribution in [0, 0.1) is 0 Å². The number of methoxy groups -OCH3 is 2. The van der Waals surface area contributed by atoms with Crippen molar-refractivity contribution in [2.75, 3.05) is 33.9 Å². The maximum absolute atomic E-state index is 14.7. The molecular weight excluding hydrogens is 370 g/mol. The van der Waals surface area contributed by atoms with E-state index in [1.54, 1.807) is 0 Å². The van der Waals surface area contributed by atoms with Crippen LogP contribution >= 0.6 is 27.5 Å². The highest BCUT2D eigenvalue weighted by Crippen LogP contribution is 2.46. The predicted molar refractivity (Wildman–Crippen MR) is 82.9 cm³/mol. The Kier molecular flexibility index (Phi) is 7.28. The van der Waals surface area contributed by atoms with Gasteiger partial charge in [0.2, 0.25) is 0 Å². The summed E-state index contributed by atoms with van der Waals surface area (Å²) in [6, 6.07) is 0. The molecule has 1 saturated heterocycles. The summed E-state index contributed by atoms with van der Waals surface area (Å²) in [7, 11) is 3.04. The lowest BCUT2D eigenvalue weighted by Crippen LogP contribution is -2.52. The molecule has 0 spiro atoms. The van der Waals surface area contributed by atoms with Gasteiger partial charge in [-0.05, 0) is 28.8 Å². The molecule has 1 rings (SSSR count). The van der Waals surface area contributed by atoms with Crippen molar-refractivity contribution in [1.82, 2.24) is 9.80 Å². The van der Waals surface area contributed by atoms with E-state index in [1.165, 1.54) is 14.2 Å². The van der Waals surface area contributed by atoms with Crippen LogP contribution in [0.15, 0.2) is 0 Å². The fourth-order valence-corrected chi connectivity index (χ4v) is 3.36. The van der Waals surface area contributed by atoms with Crippen molar-refractivity contribution in [1.29, 1.82) is 0 Å². The van der Waals surface area contributed by atoms with Gasteiger partial charge in [0.1, 0.15) is 0 Å². The highest BCUT2D eigenvalue weighted by molar-refractivity contribution is 9.10. The monoisotopic (exact) mass is 392 g/mol. The van der Waals surface area contributed by atoms with Gasteiger partial charge in [-0.1, -0.05) is 25.4 Å². The second-order valence-corrected chi connectivity index (χ2v) is 7.59. The summed E-state index contributed by atoms with van der Waals surface area (Å²) in [6.45, 7) is 3.97. The molecular formula is C13H24BrClF2N2O2. The van der Waals surface area contributed by atoms with Crippen LogP contribution in [-0.4, -0.2) is 65.9 Å². The van der Waals surface area contributed by atoms with Crippen LogP contribution in [0.25, 0.3) is 0 Å². The smallest absolute Gasteiger partial charge is 0.371 e. The summed E-state index contributed by atoms with van der Waals surface area (Å²) >= 11 is 9.48. The molecule has 0 bridgehead atoms. The summed E-state index contributed by atoms with van der Waals surface area (Å²) in [5, 5.41) is 0. The van der Waals surface area contributed by atoms with Crippen molar-refractivity contribution in [3.05, 3.63) is 0 Å². The third-order valence-corrected chi connectivity index (χ3v) is 4.87. The van der Waals surface area contributed by atoms with E-state index in [1.807, 2.05) is 13.8 Å². The molecule has 0 N–H and O–H groups in total. The van der Waals surface area contributed by atoms with Crippen LogP contribution in [-0.2, 0) is 9.47 Å². The SMILES string of the molecule is CCC(CN1CC(Cl)(Br)N(CC(CC)OC)C1(F)F)OC. The van der Waals surface area contributed by atoms with Crippen LogP contribution in [0.2, 0.25) is 0 Å². The predicted octanol–water partition coefficient (Wildman–Crippen LogP) is 3.29. The average molecular weight is 394 g/mol. The Hall–Kier alpha value is 0.470. The molecule has 4 nitrogen and oxygen atoms in total. The largest absolute Gasteiger partial charge is 0.380 e. The molecule has 126 valence electrons. The zero-order valence-electron chi connectivity index (χ0n) is 12.9. The van der Waals surface area contributed by atoms with Crippen LogP contribution in [0.1, 0.15) is 26.7 Å². The molecule has 1 fully saturated rings. The summed E-state index contributed by atoms with van der Waals surface area (Å²) in [4.78, 5) is 2.00. The lowest BCUT2D eigenvalue weighted by Gasteiger charge is -2.34. The number of nitrogens with zero attached hydrogens (tertiary/aromatic N) is 2.